The summed E-state index contributed by atoms with van der Waals surface area (Å²) in [4.78, 5) is 29.1. The number of nitrogens with one attached hydrogen (secondary N) is 2. The molecule has 0 saturated heterocycles. The van der Waals surface area contributed by atoms with E-state index in [0.29, 0.717) is 21.9 Å². The van der Waals surface area contributed by atoms with Crippen molar-refractivity contribution in [3.8, 4) is 11.3 Å². The Hall–Kier alpha value is -3.77. The number of carbonyl (C=O) groups excluding carboxylic acids is 2. The van der Waals surface area contributed by atoms with Gasteiger partial charge in [-0.25, -0.2) is 4.98 Å². The van der Waals surface area contributed by atoms with Gasteiger partial charge >= 0.3 is 0 Å². The molecule has 142 valence electrons. The third-order valence-electron chi connectivity index (χ3n) is 4.24. The van der Waals surface area contributed by atoms with Gasteiger partial charge in [-0.2, -0.15) is 0 Å². The van der Waals surface area contributed by atoms with Gasteiger partial charge in [-0.05, 0) is 36.4 Å². The lowest BCUT2D eigenvalue weighted by Crippen LogP contribution is -2.13. The maximum absolute atomic E-state index is 12.5. The molecule has 0 aliphatic rings. The molecule has 6 heteroatoms. The van der Waals surface area contributed by atoms with Gasteiger partial charge in [0.05, 0.1) is 5.69 Å². The molecule has 2 amide bonds. The highest BCUT2D eigenvalue weighted by molar-refractivity contribution is 7.14. The van der Waals surface area contributed by atoms with E-state index in [4.69, 9.17) is 0 Å². The highest BCUT2D eigenvalue weighted by atomic mass is 32.1. The minimum Gasteiger partial charge on any atom is -0.322 e. The summed E-state index contributed by atoms with van der Waals surface area (Å²) in [5.74, 6) is -0.445. The van der Waals surface area contributed by atoms with Gasteiger partial charge in [0.2, 0.25) is 0 Å². The Balaban J connectivity index is 1.40. The van der Waals surface area contributed by atoms with E-state index in [9.17, 15) is 9.59 Å². The monoisotopic (exact) mass is 399 g/mol. The van der Waals surface area contributed by atoms with Gasteiger partial charge in [-0.1, -0.05) is 48.5 Å². The molecule has 1 heterocycles. The number of amides is 2. The van der Waals surface area contributed by atoms with Gasteiger partial charge in [0.1, 0.15) is 0 Å². The van der Waals surface area contributed by atoms with E-state index in [2.05, 4.69) is 15.6 Å². The third-order valence-corrected chi connectivity index (χ3v) is 4.99. The van der Waals surface area contributed by atoms with E-state index < -0.39 is 0 Å². The van der Waals surface area contributed by atoms with Crippen molar-refractivity contribution < 1.29 is 9.59 Å². The first-order valence-electron chi connectivity index (χ1n) is 8.98. The number of benzene rings is 3. The van der Waals surface area contributed by atoms with Crippen LogP contribution in [0.2, 0.25) is 0 Å². The van der Waals surface area contributed by atoms with Crippen LogP contribution in [0.4, 0.5) is 10.8 Å². The summed E-state index contributed by atoms with van der Waals surface area (Å²) >= 11 is 1.38. The van der Waals surface area contributed by atoms with Crippen molar-refractivity contribution in [2.45, 2.75) is 0 Å². The predicted molar refractivity (Wildman–Crippen MR) is 116 cm³/mol. The van der Waals surface area contributed by atoms with Crippen LogP contribution in [0.25, 0.3) is 11.3 Å². The summed E-state index contributed by atoms with van der Waals surface area (Å²) in [6.45, 7) is 0. The second-order valence-electron chi connectivity index (χ2n) is 6.26. The Morgan fingerprint density at radius 2 is 1.28 bits per heavy atom. The average Bonchev–Trinajstić information content (AvgIpc) is 3.24. The molecule has 0 aliphatic carbocycles. The third kappa shape index (κ3) is 4.56. The second-order valence-corrected chi connectivity index (χ2v) is 7.11. The van der Waals surface area contributed by atoms with Crippen LogP contribution in [0, 0.1) is 0 Å². The summed E-state index contributed by atoms with van der Waals surface area (Å²) in [6, 6.07) is 25.5. The number of thiazole rings is 1. The molecule has 29 heavy (non-hydrogen) atoms. The standard InChI is InChI=1S/C23H17N3O2S/c27-21(17-9-5-2-6-10-17)24-19-13-11-18(12-14-19)22(28)26-23-25-20(15-29-23)16-7-3-1-4-8-16/h1-15H,(H,24,27)(H,25,26,28). The molecule has 4 aromatic rings. The molecule has 2 N–H and O–H groups in total. The van der Waals surface area contributed by atoms with Crippen molar-refractivity contribution >= 4 is 34.0 Å². The zero-order chi connectivity index (χ0) is 20.1. The molecule has 0 atom stereocenters. The summed E-state index contributed by atoms with van der Waals surface area (Å²) in [5.41, 5.74) is 3.51. The van der Waals surface area contributed by atoms with E-state index in [1.807, 2.05) is 53.9 Å². The lowest BCUT2D eigenvalue weighted by Gasteiger charge is -2.06. The number of carbonyl (C=O) groups is 2. The Morgan fingerprint density at radius 1 is 0.690 bits per heavy atom. The smallest absolute Gasteiger partial charge is 0.257 e. The molecule has 0 radical (unpaired) electrons. The Labute approximate surface area is 172 Å². The normalized spacial score (nSPS) is 10.3. The summed E-state index contributed by atoms with van der Waals surface area (Å²) in [5, 5.41) is 8.08. The van der Waals surface area contributed by atoms with Crippen molar-refractivity contribution in [2.75, 3.05) is 10.6 Å². The van der Waals surface area contributed by atoms with E-state index in [1.165, 1.54) is 11.3 Å². The lowest BCUT2D eigenvalue weighted by atomic mass is 10.1. The number of hydrogen-bond acceptors (Lipinski definition) is 4. The van der Waals surface area contributed by atoms with Crippen molar-refractivity contribution in [2.24, 2.45) is 0 Å². The largest absolute Gasteiger partial charge is 0.322 e. The highest BCUT2D eigenvalue weighted by Gasteiger charge is 2.11. The van der Waals surface area contributed by atoms with Crippen LogP contribution in [0.15, 0.2) is 90.3 Å². The molecule has 5 nitrogen and oxygen atoms in total. The number of aromatic nitrogens is 1. The van der Waals surface area contributed by atoms with E-state index in [-0.39, 0.29) is 11.8 Å². The summed E-state index contributed by atoms with van der Waals surface area (Å²) in [6.07, 6.45) is 0. The highest BCUT2D eigenvalue weighted by Crippen LogP contribution is 2.25. The van der Waals surface area contributed by atoms with Crippen molar-refractivity contribution in [3.05, 3.63) is 101 Å². The molecule has 0 bridgehead atoms. The minimum atomic E-state index is -0.250. The maximum Gasteiger partial charge on any atom is 0.257 e. The van der Waals surface area contributed by atoms with Crippen LogP contribution in [-0.2, 0) is 0 Å². The lowest BCUT2D eigenvalue weighted by molar-refractivity contribution is 0.102. The minimum absolute atomic E-state index is 0.195. The van der Waals surface area contributed by atoms with E-state index in [0.717, 1.165) is 11.3 Å². The van der Waals surface area contributed by atoms with Gasteiger partial charge in [0.25, 0.3) is 11.8 Å². The number of nitrogens with zero attached hydrogens (tertiary/aromatic N) is 1. The SMILES string of the molecule is O=C(Nc1ccc(C(=O)Nc2nc(-c3ccccc3)cs2)cc1)c1ccccc1. The van der Waals surface area contributed by atoms with Crippen LogP contribution >= 0.6 is 11.3 Å². The van der Waals surface area contributed by atoms with Gasteiger partial charge in [0.15, 0.2) is 5.13 Å². The molecule has 0 unspecified atom stereocenters. The zero-order valence-electron chi connectivity index (χ0n) is 15.3. The van der Waals surface area contributed by atoms with Gasteiger partial charge < -0.3 is 5.32 Å². The van der Waals surface area contributed by atoms with Crippen molar-refractivity contribution in [3.63, 3.8) is 0 Å². The number of anilines is 2. The maximum atomic E-state index is 12.5. The number of hydrogen-bond donors (Lipinski definition) is 2. The quantitative estimate of drug-likeness (QED) is 0.477. The van der Waals surface area contributed by atoms with Crippen LogP contribution in [-0.4, -0.2) is 16.8 Å². The second kappa shape index (κ2) is 8.50. The Bertz CT molecular complexity index is 1120. The van der Waals surface area contributed by atoms with Crippen molar-refractivity contribution in [1.82, 2.24) is 4.98 Å². The molecule has 4 rings (SSSR count). The number of rotatable bonds is 5. The van der Waals surface area contributed by atoms with E-state index in [1.54, 1.807) is 36.4 Å². The Kier molecular flexibility index (Phi) is 5.45. The molecule has 3 aromatic carbocycles. The van der Waals surface area contributed by atoms with E-state index >= 15 is 0 Å². The summed E-state index contributed by atoms with van der Waals surface area (Å²) < 4.78 is 0. The molecular formula is C23H17N3O2S. The van der Waals surface area contributed by atoms with Gasteiger partial charge in [0, 0.05) is 27.8 Å². The van der Waals surface area contributed by atoms with Crippen LogP contribution in [0.1, 0.15) is 20.7 Å². The summed E-state index contributed by atoms with van der Waals surface area (Å²) in [7, 11) is 0. The van der Waals surface area contributed by atoms with Gasteiger partial charge in [-0.3, -0.25) is 14.9 Å². The van der Waals surface area contributed by atoms with Crippen LogP contribution in [0.5, 0.6) is 0 Å². The average molecular weight is 399 g/mol. The zero-order valence-corrected chi connectivity index (χ0v) is 16.1. The first kappa shape index (κ1) is 18.6. The van der Waals surface area contributed by atoms with Gasteiger partial charge in [-0.15, -0.1) is 11.3 Å². The first-order valence-corrected chi connectivity index (χ1v) is 9.86. The fourth-order valence-electron chi connectivity index (χ4n) is 2.74. The fourth-order valence-corrected chi connectivity index (χ4v) is 3.45. The molecule has 0 spiro atoms. The van der Waals surface area contributed by atoms with Crippen LogP contribution < -0.4 is 10.6 Å². The molecule has 0 fully saturated rings. The topological polar surface area (TPSA) is 71.1 Å². The molecule has 0 aliphatic heterocycles. The molecular weight excluding hydrogens is 382 g/mol. The predicted octanol–water partition coefficient (Wildman–Crippen LogP) is 5.31. The Morgan fingerprint density at radius 3 is 1.97 bits per heavy atom. The molecule has 1 aromatic heterocycles. The van der Waals surface area contributed by atoms with Crippen LogP contribution in [0.3, 0.4) is 0 Å². The fraction of sp³-hybridized carbons (Fsp3) is 0. The van der Waals surface area contributed by atoms with Crippen molar-refractivity contribution in [1.29, 1.82) is 0 Å². The molecule has 0 saturated carbocycles. The first-order chi connectivity index (χ1) is 14.2.